The van der Waals surface area contributed by atoms with Crippen LogP contribution >= 0.6 is 0 Å². The fraction of sp³-hybridized carbons (Fsp3) is 0.143. The lowest BCUT2D eigenvalue weighted by molar-refractivity contribution is 0.102. The molecule has 168 valence electrons. The molecule has 0 aliphatic rings. The fourth-order valence-corrected chi connectivity index (χ4v) is 4.04. The zero-order chi connectivity index (χ0) is 23.7. The molecule has 0 radical (unpaired) electrons. The minimum atomic E-state index is -0.133. The van der Waals surface area contributed by atoms with Gasteiger partial charge in [-0.05, 0) is 54.8 Å². The van der Waals surface area contributed by atoms with Gasteiger partial charge in [0.2, 0.25) is 0 Å². The van der Waals surface area contributed by atoms with Crippen LogP contribution < -0.4 is 5.32 Å². The number of carbonyl (C=O) groups is 1. The lowest BCUT2D eigenvalue weighted by atomic mass is 9.99. The molecule has 6 nitrogen and oxygen atoms in total. The van der Waals surface area contributed by atoms with E-state index < -0.39 is 0 Å². The highest BCUT2D eigenvalue weighted by Gasteiger charge is 2.15. The predicted octanol–water partition coefficient (Wildman–Crippen LogP) is 5.49. The van der Waals surface area contributed by atoms with Gasteiger partial charge in [0.1, 0.15) is 0 Å². The topological polar surface area (TPSA) is 72.7 Å². The molecule has 0 atom stereocenters. The molecule has 5 rings (SSSR count). The molecule has 0 saturated carbocycles. The summed E-state index contributed by atoms with van der Waals surface area (Å²) in [6, 6.07) is 23.5. The molecule has 6 heteroatoms. The summed E-state index contributed by atoms with van der Waals surface area (Å²) in [7, 11) is 1.88. The summed E-state index contributed by atoms with van der Waals surface area (Å²) in [5.74, 6) is 0.531. The highest BCUT2D eigenvalue weighted by molar-refractivity contribution is 6.04. The van der Waals surface area contributed by atoms with Gasteiger partial charge in [-0.25, -0.2) is 9.97 Å². The van der Waals surface area contributed by atoms with Gasteiger partial charge in [0.05, 0.1) is 17.3 Å². The normalized spacial score (nSPS) is 11.0. The van der Waals surface area contributed by atoms with E-state index in [-0.39, 0.29) is 5.91 Å². The van der Waals surface area contributed by atoms with E-state index in [1.54, 1.807) is 4.68 Å². The van der Waals surface area contributed by atoms with Crippen molar-refractivity contribution in [3.63, 3.8) is 0 Å². The van der Waals surface area contributed by atoms with E-state index in [0.717, 1.165) is 44.7 Å². The van der Waals surface area contributed by atoms with E-state index in [9.17, 15) is 4.79 Å². The summed E-state index contributed by atoms with van der Waals surface area (Å²) in [5.41, 5.74) is 7.26. The van der Waals surface area contributed by atoms with Crippen LogP contribution in [0.4, 0.5) is 5.69 Å². The Morgan fingerprint density at radius 3 is 2.56 bits per heavy atom. The first kappa shape index (κ1) is 21.5. The summed E-state index contributed by atoms with van der Waals surface area (Å²) in [4.78, 5) is 22.6. The quantitative estimate of drug-likeness (QED) is 0.387. The van der Waals surface area contributed by atoms with E-state index in [2.05, 4.69) is 17.3 Å². The molecule has 0 bridgehead atoms. The van der Waals surface area contributed by atoms with E-state index in [1.165, 1.54) is 0 Å². The minimum absolute atomic E-state index is 0.133. The third kappa shape index (κ3) is 4.30. The van der Waals surface area contributed by atoms with Crippen molar-refractivity contribution in [2.45, 2.75) is 20.3 Å². The smallest absolute Gasteiger partial charge is 0.255 e. The molecule has 3 aromatic carbocycles. The predicted molar refractivity (Wildman–Crippen MR) is 135 cm³/mol. The van der Waals surface area contributed by atoms with Crippen LogP contribution in [0.15, 0.2) is 79.0 Å². The fourth-order valence-electron chi connectivity index (χ4n) is 4.04. The van der Waals surface area contributed by atoms with Gasteiger partial charge in [-0.1, -0.05) is 48.5 Å². The number of aromatic nitrogens is 4. The first-order chi connectivity index (χ1) is 16.5. The number of benzene rings is 3. The summed E-state index contributed by atoms with van der Waals surface area (Å²) in [5, 5.41) is 8.31. The molecule has 2 aromatic heterocycles. The molecule has 2 heterocycles. The number of hydrogen-bond acceptors (Lipinski definition) is 4. The Morgan fingerprint density at radius 2 is 1.76 bits per heavy atom. The van der Waals surface area contributed by atoms with E-state index in [0.29, 0.717) is 17.8 Å². The standard InChI is InChI=1S/C28H25N5O/c1-18-8-7-11-23(14-18)30-28(34)21-13-12-19(2)22(15-21)16-25-24-17-29-33(3)27(24)32-26(31-25)20-9-5-4-6-10-20/h4-15,17H,16H2,1-3H3,(H,30,34). The van der Waals surface area contributed by atoms with Crippen LogP contribution in [0.5, 0.6) is 0 Å². The number of fused-ring (bicyclic) bond motifs is 1. The maximum atomic E-state index is 12.9. The van der Waals surface area contributed by atoms with Crippen molar-refractivity contribution in [2.75, 3.05) is 5.32 Å². The van der Waals surface area contributed by atoms with E-state index in [4.69, 9.17) is 9.97 Å². The third-order valence-electron chi connectivity index (χ3n) is 5.95. The molecule has 0 aliphatic heterocycles. The molecular formula is C28H25N5O. The zero-order valence-corrected chi connectivity index (χ0v) is 19.4. The number of hydrogen-bond donors (Lipinski definition) is 1. The molecule has 1 amide bonds. The second-order valence-electron chi connectivity index (χ2n) is 8.51. The van der Waals surface area contributed by atoms with Crippen molar-refractivity contribution in [1.82, 2.24) is 19.7 Å². The number of aryl methyl sites for hydroxylation is 3. The Bertz CT molecular complexity index is 1500. The van der Waals surface area contributed by atoms with Crippen molar-refractivity contribution >= 4 is 22.6 Å². The second kappa shape index (κ2) is 8.90. The molecule has 34 heavy (non-hydrogen) atoms. The van der Waals surface area contributed by atoms with Crippen LogP contribution in [-0.4, -0.2) is 25.7 Å². The average Bonchev–Trinajstić information content (AvgIpc) is 3.22. The first-order valence-corrected chi connectivity index (χ1v) is 11.2. The number of anilines is 1. The van der Waals surface area contributed by atoms with E-state index in [1.807, 2.05) is 93.0 Å². The van der Waals surface area contributed by atoms with Crippen molar-refractivity contribution in [3.8, 4) is 11.4 Å². The van der Waals surface area contributed by atoms with Gasteiger partial charge < -0.3 is 5.32 Å². The van der Waals surface area contributed by atoms with Crippen LogP contribution in [0, 0.1) is 13.8 Å². The Morgan fingerprint density at radius 1 is 0.941 bits per heavy atom. The van der Waals surface area contributed by atoms with Crippen molar-refractivity contribution in [3.05, 3.63) is 107 Å². The molecular weight excluding hydrogens is 422 g/mol. The van der Waals surface area contributed by atoms with Crippen LogP contribution in [-0.2, 0) is 13.5 Å². The summed E-state index contributed by atoms with van der Waals surface area (Å²) >= 11 is 0. The molecule has 0 saturated heterocycles. The van der Waals surface area contributed by atoms with Gasteiger partial charge >= 0.3 is 0 Å². The first-order valence-electron chi connectivity index (χ1n) is 11.2. The van der Waals surface area contributed by atoms with Crippen LogP contribution in [0.2, 0.25) is 0 Å². The van der Waals surface area contributed by atoms with Gasteiger partial charge in [0, 0.05) is 30.3 Å². The number of nitrogens with zero attached hydrogens (tertiary/aromatic N) is 4. The van der Waals surface area contributed by atoms with Gasteiger partial charge in [-0.3, -0.25) is 9.48 Å². The molecule has 0 aliphatic carbocycles. The van der Waals surface area contributed by atoms with Gasteiger partial charge in [0.15, 0.2) is 11.5 Å². The maximum absolute atomic E-state index is 12.9. The van der Waals surface area contributed by atoms with Crippen molar-refractivity contribution < 1.29 is 4.79 Å². The molecule has 1 N–H and O–H groups in total. The number of nitrogens with one attached hydrogen (secondary N) is 1. The third-order valence-corrected chi connectivity index (χ3v) is 5.95. The zero-order valence-electron chi connectivity index (χ0n) is 19.4. The number of rotatable bonds is 5. The Hall–Kier alpha value is -4.32. The highest BCUT2D eigenvalue weighted by Crippen LogP contribution is 2.25. The average molecular weight is 448 g/mol. The molecule has 5 aromatic rings. The number of amides is 1. The second-order valence-corrected chi connectivity index (χ2v) is 8.51. The van der Waals surface area contributed by atoms with Crippen LogP contribution in [0.25, 0.3) is 22.4 Å². The summed E-state index contributed by atoms with van der Waals surface area (Å²) in [6.45, 7) is 4.06. The van der Waals surface area contributed by atoms with Crippen molar-refractivity contribution in [2.24, 2.45) is 7.05 Å². The Balaban J connectivity index is 1.51. The highest BCUT2D eigenvalue weighted by atomic mass is 16.1. The largest absolute Gasteiger partial charge is 0.322 e. The molecule has 0 fully saturated rings. The maximum Gasteiger partial charge on any atom is 0.255 e. The lowest BCUT2D eigenvalue weighted by Crippen LogP contribution is -2.12. The van der Waals surface area contributed by atoms with Gasteiger partial charge in [0.25, 0.3) is 5.91 Å². The van der Waals surface area contributed by atoms with Crippen molar-refractivity contribution in [1.29, 1.82) is 0 Å². The van der Waals surface area contributed by atoms with Gasteiger partial charge in [-0.15, -0.1) is 0 Å². The van der Waals surface area contributed by atoms with Crippen LogP contribution in [0.1, 0.15) is 32.7 Å². The SMILES string of the molecule is Cc1cccc(NC(=O)c2ccc(C)c(Cc3nc(-c4ccccc4)nc4c3cnn4C)c2)c1. The van der Waals surface area contributed by atoms with E-state index >= 15 is 0 Å². The monoisotopic (exact) mass is 447 g/mol. The lowest BCUT2D eigenvalue weighted by Gasteiger charge is -2.11. The number of carbonyl (C=O) groups excluding carboxylic acids is 1. The Kier molecular flexibility index (Phi) is 5.64. The summed E-state index contributed by atoms with van der Waals surface area (Å²) < 4.78 is 1.77. The molecule has 0 spiro atoms. The Labute approximate surface area is 198 Å². The van der Waals surface area contributed by atoms with Crippen LogP contribution in [0.3, 0.4) is 0 Å². The molecule has 0 unspecified atom stereocenters. The minimum Gasteiger partial charge on any atom is -0.322 e. The summed E-state index contributed by atoms with van der Waals surface area (Å²) in [6.07, 6.45) is 2.38. The van der Waals surface area contributed by atoms with Gasteiger partial charge in [-0.2, -0.15) is 5.10 Å².